The van der Waals surface area contributed by atoms with E-state index in [1.165, 1.54) is 0 Å². The molecule has 9 heteroatoms. The van der Waals surface area contributed by atoms with Crippen molar-refractivity contribution in [3.63, 3.8) is 0 Å². The van der Waals surface area contributed by atoms with Crippen LogP contribution in [0.2, 0.25) is 0 Å². The molecule has 134 valence electrons. The normalized spacial score (nSPS) is 29.8. The first-order chi connectivity index (χ1) is 11.3. The molecule has 1 aromatic heterocycles. The topological polar surface area (TPSA) is 114 Å². The van der Waals surface area contributed by atoms with E-state index in [9.17, 15) is 15.0 Å². The Balaban J connectivity index is 1.51. The van der Waals surface area contributed by atoms with E-state index in [0.717, 1.165) is 0 Å². The quantitative estimate of drug-likeness (QED) is 0.746. The lowest BCUT2D eigenvalue weighted by Crippen LogP contribution is -2.59. The van der Waals surface area contributed by atoms with E-state index in [1.807, 2.05) is 4.90 Å². The van der Waals surface area contributed by atoms with Gasteiger partial charge < -0.3 is 19.8 Å². The summed E-state index contributed by atoms with van der Waals surface area (Å²) in [6.07, 6.45) is 1.24. The lowest BCUT2D eigenvalue weighted by molar-refractivity contribution is -0.222. The van der Waals surface area contributed by atoms with Crippen molar-refractivity contribution in [1.82, 2.24) is 25.1 Å². The molecule has 3 heterocycles. The summed E-state index contributed by atoms with van der Waals surface area (Å²) in [6.45, 7) is 5.25. The Morgan fingerprint density at radius 2 is 2.12 bits per heavy atom. The molecule has 1 amide bonds. The molecule has 2 fully saturated rings. The fourth-order valence-electron chi connectivity index (χ4n) is 3.56. The summed E-state index contributed by atoms with van der Waals surface area (Å²) >= 11 is 0. The summed E-state index contributed by atoms with van der Waals surface area (Å²) in [7, 11) is 0. The van der Waals surface area contributed by atoms with Gasteiger partial charge in [0.25, 0.3) is 0 Å². The Morgan fingerprint density at radius 1 is 1.42 bits per heavy atom. The lowest BCUT2D eigenvalue weighted by Gasteiger charge is -2.49. The molecular formula is C15H25N5O4. The molecular weight excluding hydrogens is 314 g/mol. The number of aliphatic hydroxyl groups is 2. The summed E-state index contributed by atoms with van der Waals surface area (Å²) in [5, 5.41) is 31.3. The standard InChI is InChI=1S/C15H25N5O4/c1-11-16-17-18-20(11)6-3-13(22)19-7-4-15(5-8-19)10-14(2,23)12(21)9-24-15/h12,21,23H,3-10H2,1-2H3/t12-,14-/m0/s1. The highest BCUT2D eigenvalue weighted by molar-refractivity contribution is 5.76. The van der Waals surface area contributed by atoms with Crippen LogP contribution in [0, 0.1) is 6.92 Å². The third-order valence-corrected chi connectivity index (χ3v) is 5.22. The van der Waals surface area contributed by atoms with Gasteiger partial charge in [-0.1, -0.05) is 0 Å². The number of nitrogens with zero attached hydrogens (tertiary/aromatic N) is 5. The fourth-order valence-corrected chi connectivity index (χ4v) is 3.56. The van der Waals surface area contributed by atoms with Gasteiger partial charge in [0.1, 0.15) is 11.9 Å². The number of carbonyl (C=O) groups is 1. The number of aliphatic hydroxyl groups excluding tert-OH is 1. The second-order valence-corrected chi connectivity index (χ2v) is 7.12. The minimum atomic E-state index is -1.14. The average molecular weight is 339 g/mol. The van der Waals surface area contributed by atoms with Gasteiger partial charge in [-0.25, -0.2) is 4.68 Å². The molecule has 0 aliphatic carbocycles. The summed E-state index contributed by atoms with van der Waals surface area (Å²) in [6, 6.07) is 0. The van der Waals surface area contributed by atoms with Gasteiger partial charge in [-0.15, -0.1) is 5.10 Å². The summed E-state index contributed by atoms with van der Waals surface area (Å²) < 4.78 is 7.46. The van der Waals surface area contributed by atoms with Crippen LogP contribution in [0.3, 0.4) is 0 Å². The summed E-state index contributed by atoms with van der Waals surface area (Å²) in [5.41, 5.74) is -1.58. The Bertz CT molecular complexity index is 594. The van der Waals surface area contributed by atoms with Crippen LogP contribution in [0.25, 0.3) is 0 Å². The Kier molecular flexibility index (Phi) is 4.58. The average Bonchev–Trinajstić information content (AvgIpc) is 2.95. The number of hydrogen-bond donors (Lipinski definition) is 2. The largest absolute Gasteiger partial charge is 0.388 e. The van der Waals surface area contributed by atoms with Gasteiger partial charge in [-0.05, 0) is 37.1 Å². The molecule has 24 heavy (non-hydrogen) atoms. The monoisotopic (exact) mass is 339 g/mol. The van der Waals surface area contributed by atoms with Crippen LogP contribution in [-0.4, -0.2) is 78.2 Å². The van der Waals surface area contributed by atoms with Gasteiger partial charge in [0.05, 0.1) is 24.4 Å². The van der Waals surface area contributed by atoms with Crippen molar-refractivity contribution in [3.8, 4) is 0 Å². The van der Waals surface area contributed by atoms with Crippen molar-refractivity contribution in [2.75, 3.05) is 19.7 Å². The molecule has 0 bridgehead atoms. The summed E-state index contributed by atoms with van der Waals surface area (Å²) in [4.78, 5) is 14.2. The second-order valence-electron chi connectivity index (χ2n) is 7.12. The highest BCUT2D eigenvalue weighted by Gasteiger charge is 2.48. The number of amides is 1. The van der Waals surface area contributed by atoms with Crippen LogP contribution in [0.4, 0.5) is 0 Å². The second kappa shape index (κ2) is 6.38. The van der Waals surface area contributed by atoms with Gasteiger partial charge in [0.15, 0.2) is 0 Å². The van der Waals surface area contributed by atoms with Gasteiger partial charge in [-0.2, -0.15) is 0 Å². The first kappa shape index (κ1) is 17.2. The number of ether oxygens (including phenoxy) is 1. The highest BCUT2D eigenvalue weighted by atomic mass is 16.5. The fraction of sp³-hybridized carbons (Fsp3) is 0.867. The number of aryl methyl sites for hydroxylation is 2. The SMILES string of the molecule is Cc1nnnn1CCC(=O)N1CCC2(CC1)C[C@](C)(O)[C@@H](O)CO2. The Hall–Kier alpha value is -1.58. The molecule has 2 atom stereocenters. The molecule has 0 saturated carbocycles. The van der Waals surface area contributed by atoms with E-state index in [2.05, 4.69) is 15.5 Å². The molecule has 1 aromatic rings. The number of carbonyl (C=O) groups excluding carboxylic acids is 1. The van der Waals surface area contributed by atoms with E-state index in [1.54, 1.807) is 18.5 Å². The van der Waals surface area contributed by atoms with Crippen molar-refractivity contribution < 1.29 is 19.7 Å². The van der Waals surface area contributed by atoms with Gasteiger partial charge >= 0.3 is 0 Å². The number of tetrazole rings is 1. The van der Waals surface area contributed by atoms with E-state index in [-0.39, 0.29) is 12.5 Å². The van der Waals surface area contributed by atoms with Crippen LogP contribution in [0.15, 0.2) is 0 Å². The van der Waals surface area contributed by atoms with Crippen LogP contribution in [0.5, 0.6) is 0 Å². The predicted octanol–water partition coefficient (Wildman–Crippen LogP) is -0.735. The molecule has 0 radical (unpaired) electrons. The first-order valence-corrected chi connectivity index (χ1v) is 8.36. The number of hydrogen-bond acceptors (Lipinski definition) is 7. The van der Waals surface area contributed by atoms with E-state index >= 15 is 0 Å². The van der Waals surface area contributed by atoms with Crippen LogP contribution in [-0.2, 0) is 16.1 Å². The smallest absolute Gasteiger partial charge is 0.224 e. The van der Waals surface area contributed by atoms with E-state index < -0.39 is 17.3 Å². The van der Waals surface area contributed by atoms with E-state index in [4.69, 9.17) is 4.74 Å². The first-order valence-electron chi connectivity index (χ1n) is 8.36. The van der Waals surface area contributed by atoms with Crippen molar-refractivity contribution in [2.45, 2.75) is 63.4 Å². The summed E-state index contributed by atoms with van der Waals surface area (Å²) in [5.74, 6) is 0.763. The molecule has 2 aliphatic heterocycles. The van der Waals surface area contributed by atoms with E-state index in [0.29, 0.717) is 51.1 Å². The maximum atomic E-state index is 12.4. The highest BCUT2D eigenvalue weighted by Crippen LogP contribution is 2.39. The zero-order valence-electron chi connectivity index (χ0n) is 14.2. The van der Waals surface area contributed by atoms with Gasteiger partial charge in [0.2, 0.25) is 5.91 Å². The zero-order valence-corrected chi connectivity index (χ0v) is 14.2. The van der Waals surface area contributed by atoms with Gasteiger partial charge in [0, 0.05) is 25.9 Å². The third kappa shape index (κ3) is 3.42. The molecule has 2 saturated heterocycles. The van der Waals surface area contributed by atoms with Crippen LogP contribution in [0.1, 0.15) is 38.4 Å². The molecule has 2 aliphatic rings. The number of likely N-dealkylation sites (tertiary alicyclic amines) is 1. The minimum absolute atomic E-state index is 0.0716. The van der Waals surface area contributed by atoms with Crippen molar-refractivity contribution in [2.24, 2.45) is 0 Å². The van der Waals surface area contributed by atoms with Crippen molar-refractivity contribution in [1.29, 1.82) is 0 Å². The minimum Gasteiger partial charge on any atom is -0.388 e. The predicted molar refractivity (Wildman–Crippen MR) is 82.9 cm³/mol. The maximum absolute atomic E-state index is 12.4. The maximum Gasteiger partial charge on any atom is 0.224 e. The molecule has 3 rings (SSSR count). The van der Waals surface area contributed by atoms with Crippen molar-refractivity contribution in [3.05, 3.63) is 5.82 Å². The third-order valence-electron chi connectivity index (χ3n) is 5.22. The number of aromatic nitrogens is 4. The number of piperidine rings is 1. The van der Waals surface area contributed by atoms with Crippen LogP contribution >= 0.6 is 0 Å². The Labute approximate surface area is 140 Å². The molecule has 0 aromatic carbocycles. The molecule has 1 spiro atoms. The van der Waals surface area contributed by atoms with Crippen LogP contribution < -0.4 is 0 Å². The number of rotatable bonds is 3. The lowest BCUT2D eigenvalue weighted by atomic mass is 9.76. The Morgan fingerprint density at radius 3 is 2.71 bits per heavy atom. The zero-order chi connectivity index (χ0) is 17.4. The molecule has 2 N–H and O–H groups in total. The molecule has 0 unspecified atom stereocenters. The van der Waals surface area contributed by atoms with Gasteiger partial charge in [-0.3, -0.25) is 4.79 Å². The van der Waals surface area contributed by atoms with Crippen molar-refractivity contribution >= 4 is 5.91 Å². The molecule has 9 nitrogen and oxygen atoms in total.